The Morgan fingerprint density at radius 2 is 1.97 bits per heavy atom. The minimum absolute atomic E-state index is 0.0770. The first-order valence-electron chi connectivity index (χ1n) is 10.1. The topological polar surface area (TPSA) is 52.7 Å². The van der Waals surface area contributed by atoms with Crippen LogP contribution in [0.5, 0.6) is 0 Å². The molecule has 1 heterocycles. The molecule has 0 radical (unpaired) electrons. The van der Waals surface area contributed by atoms with Crippen molar-refractivity contribution in [2.75, 3.05) is 33.7 Å². The fourth-order valence-corrected chi connectivity index (χ4v) is 3.93. The fraction of sp³-hybridized carbons (Fsp3) is 0.391. The Morgan fingerprint density at radius 3 is 2.63 bits per heavy atom. The third kappa shape index (κ3) is 5.58. The van der Waals surface area contributed by atoms with Crippen molar-refractivity contribution >= 4 is 23.4 Å². The molecule has 1 aliphatic heterocycles. The predicted molar refractivity (Wildman–Crippen MR) is 116 cm³/mol. The molecule has 7 heteroatoms. The lowest BCUT2D eigenvalue weighted by molar-refractivity contribution is -0.126. The summed E-state index contributed by atoms with van der Waals surface area (Å²) < 4.78 is 13.6. The highest BCUT2D eigenvalue weighted by molar-refractivity contribution is 6.30. The summed E-state index contributed by atoms with van der Waals surface area (Å²) in [5.41, 5.74) is 1.38. The summed E-state index contributed by atoms with van der Waals surface area (Å²) in [6.07, 6.45) is 1.52. The largest absolute Gasteiger partial charge is 0.354 e. The standard InChI is InChI=1S/C23H27ClFN3O2/c1-27(2)21(17-5-3-7-20(25)13-17)14-26-22(29)18-6-4-12-28(15-18)23(30)16-8-10-19(24)11-9-16/h3,5,7-11,13,18,21H,4,6,12,14-15H2,1-2H3,(H,26,29). The van der Waals surface area contributed by atoms with Gasteiger partial charge in [-0.1, -0.05) is 23.7 Å². The van der Waals surface area contributed by atoms with E-state index in [9.17, 15) is 14.0 Å². The second-order valence-corrected chi connectivity index (χ2v) is 8.31. The molecule has 1 fully saturated rings. The number of halogens is 2. The molecule has 2 unspecified atom stereocenters. The van der Waals surface area contributed by atoms with E-state index in [1.54, 1.807) is 35.2 Å². The van der Waals surface area contributed by atoms with Crippen LogP contribution in [0.25, 0.3) is 0 Å². The van der Waals surface area contributed by atoms with Crippen molar-refractivity contribution < 1.29 is 14.0 Å². The molecule has 0 aromatic heterocycles. The van der Waals surface area contributed by atoms with Gasteiger partial charge in [-0.05, 0) is 68.9 Å². The van der Waals surface area contributed by atoms with Crippen LogP contribution >= 0.6 is 11.6 Å². The van der Waals surface area contributed by atoms with E-state index in [0.29, 0.717) is 30.2 Å². The monoisotopic (exact) mass is 431 g/mol. The normalized spacial score (nSPS) is 17.6. The number of piperidine rings is 1. The Morgan fingerprint density at radius 1 is 1.23 bits per heavy atom. The van der Waals surface area contributed by atoms with Crippen molar-refractivity contribution in [3.05, 3.63) is 70.5 Å². The third-order valence-corrected chi connectivity index (χ3v) is 5.75. The van der Waals surface area contributed by atoms with Gasteiger partial charge in [0.1, 0.15) is 5.82 Å². The molecule has 1 saturated heterocycles. The molecule has 3 rings (SSSR count). The number of carbonyl (C=O) groups is 2. The van der Waals surface area contributed by atoms with Crippen molar-refractivity contribution in [1.29, 1.82) is 0 Å². The summed E-state index contributed by atoms with van der Waals surface area (Å²) in [5, 5.41) is 3.58. The highest BCUT2D eigenvalue weighted by Gasteiger charge is 2.29. The van der Waals surface area contributed by atoms with E-state index < -0.39 is 0 Å². The molecule has 2 aromatic rings. The van der Waals surface area contributed by atoms with Crippen LogP contribution in [-0.4, -0.2) is 55.3 Å². The SMILES string of the molecule is CN(C)C(CNC(=O)C1CCCN(C(=O)c2ccc(Cl)cc2)C1)c1cccc(F)c1. The maximum absolute atomic E-state index is 13.6. The molecule has 0 spiro atoms. The van der Waals surface area contributed by atoms with Gasteiger partial charge in [0.25, 0.3) is 5.91 Å². The first-order chi connectivity index (χ1) is 14.3. The van der Waals surface area contributed by atoms with Gasteiger partial charge in [0.2, 0.25) is 5.91 Å². The van der Waals surface area contributed by atoms with Crippen LogP contribution in [0.15, 0.2) is 48.5 Å². The highest BCUT2D eigenvalue weighted by Crippen LogP contribution is 2.22. The zero-order valence-electron chi connectivity index (χ0n) is 17.3. The van der Waals surface area contributed by atoms with E-state index in [-0.39, 0.29) is 29.6 Å². The Bertz CT molecular complexity index is 888. The van der Waals surface area contributed by atoms with Gasteiger partial charge in [-0.15, -0.1) is 0 Å². The number of rotatable bonds is 6. The first-order valence-corrected chi connectivity index (χ1v) is 10.5. The smallest absolute Gasteiger partial charge is 0.253 e. The van der Waals surface area contributed by atoms with Gasteiger partial charge in [-0.3, -0.25) is 9.59 Å². The summed E-state index contributed by atoms with van der Waals surface area (Å²) in [6, 6.07) is 13.1. The molecule has 0 bridgehead atoms. The van der Waals surface area contributed by atoms with Gasteiger partial charge in [-0.2, -0.15) is 0 Å². The second kappa shape index (κ2) is 10.0. The predicted octanol–water partition coefficient (Wildman–Crippen LogP) is 3.75. The fourth-order valence-electron chi connectivity index (χ4n) is 3.80. The number of hydrogen-bond acceptors (Lipinski definition) is 3. The summed E-state index contributed by atoms with van der Waals surface area (Å²) in [5.74, 6) is -0.721. The molecule has 2 amide bonds. The molecule has 0 saturated carbocycles. The third-order valence-electron chi connectivity index (χ3n) is 5.50. The van der Waals surface area contributed by atoms with E-state index in [0.717, 1.165) is 18.4 Å². The van der Waals surface area contributed by atoms with E-state index >= 15 is 0 Å². The molecule has 1 N–H and O–H groups in total. The van der Waals surface area contributed by atoms with Crippen LogP contribution < -0.4 is 5.32 Å². The van der Waals surface area contributed by atoms with Crippen LogP contribution in [0.4, 0.5) is 4.39 Å². The Hall–Kier alpha value is -2.44. The lowest BCUT2D eigenvalue weighted by Crippen LogP contribution is -2.46. The van der Waals surface area contributed by atoms with Gasteiger partial charge in [0.15, 0.2) is 0 Å². The molecular formula is C23H27ClFN3O2. The Labute approximate surface area is 181 Å². The average Bonchev–Trinajstić information content (AvgIpc) is 2.74. The number of hydrogen-bond donors (Lipinski definition) is 1. The molecule has 5 nitrogen and oxygen atoms in total. The lowest BCUT2D eigenvalue weighted by atomic mass is 9.96. The van der Waals surface area contributed by atoms with Gasteiger partial charge >= 0.3 is 0 Å². The Balaban J connectivity index is 1.60. The number of nitrogens with one attached hydrogen (secondary N) is 1. The van der Waals surface area contributed by atoms with Crippen LogP contribution in [-0.2, 0) is 4.79 Å². The number of likely N-dealkylation sites (N-methyl/N-ethyl adjacent to an activating group) is 1. The van der Waals surface area contributed by atoms with Gasteiger partial charge in [0, 0.05) is 30.2 Å². The minimum Gasteiger partial charge on any atom is -0.354 e. The van der Waals surface area contributed by atoms with Crippen molar-refractivity contribution in [3.8, 4) is 0 Å². The lowest BCUT2D eigenvalue weighted by Gasteiger charge is -2.33. The summed E-state index contributed by atoms with van der Waals surface area (Å²) in [6.45, 7) is 1.39. The zero-order chi connectivity index (χ0) is 21.7. The molecule has 2 aromatic carbocycles. The number of nitrogens with zero attached hydrogens (tertiary/aromatic N) is 2. The van der Waals surface area contributed by atoms with Crippen LogP contribution in [0.2, 0.25) is 5.02 Å². The number of likely N-dealkylation sites (tertiary alicyclic amines) is 1. The molecule has 1 aliphatic rings. The molecular weight excluding hydrogens is 405 g/mol. The van der Waals surface area contributed by atoms with Crippen molar-refractivity contribution in [2.45, 2.75) is 18.9 Å². The van der Waals surface area contributed by atoms with E-state index in [1.807, 2.05) is 25.1 Å². The quantitative estimate of drug-likeness (QED) is 0.757. The maximum Gasteiger partial charge on any atom is 0.253 e. The molecule has 160 valence electrons. The van der Waals surface area contributed by atoms with Gasteiger partial charge in [0.05, 0.1) is 12.0 Å². The first kappa shape index (κ1) is 22.2. The van der Waals surface area contributed by atoms with E-state index in [4.69, 9.17) is 11.6 Å². The second-order valence-electron chi connectivity index (χ2n) is 7.88. The summed E-state index contributed by atoms with van der Waals surface area (Å²) >= 11 is 5.90. The summed E-state index contributed by atoms with van der Waals surface area (Å²) in [7, 11) is 3.80. The number of amides is 2. The Kier molecular flexibility index (Phi) is 7.45. The van der Waals surface area contributed by atoms with Gasteiger partial charge in [-0.25, -0.2) is 4.39 Å². The van der Waals surface area contributed by atoms with Crippen LogP contribution in [0.1, 0.15) is 34.8 Å². The van der Waals surface area contributed by atoms with Crippen molar-refractivity contribution in [3.63, 3.8) is 0 Å². The van der Waals surface area contributed by atoms with E-state index in [2.05, 4.69) is 5.32 Å². The molecule has 2 atom stereocenters. The van der Waals surface area contributed by atoms with Crippen molar-refractivity contribution in [2.24, 2.45) is 5.92 Å². The van der Waals surface area contributed by atoms with Gasteiger partial charge < -0.3 is 15.1 Å². The van der Waals surface area contributed by atoms with E-state index in [1.165, 1.54) is 12.1 Å². The number of benzene rings is 2. The average molecular weight is 432 g/mol. The summed E-state index contributed by atoms with van der Waals surface area (Å²) in [4.78, 5) is 29.3. The van der Waals surface area contributed by atoms with Crippen molar-refractivity contribution in [1.82, 2.24) is 15.1 Å². The minimum atomic E-state index is -0.297. The van der Waals surface area contributed by atoms with Crippen LogP contribution in [0.3, 0.4) is 0 Å². The maximum atomic E-state index is 13.6. The number of carbonyl (C=O) groups excluding carboxylic acids is 2. The zero-order valence-corrected chi connectivity index (χ0v) is 18.0. The molecule has 0 aliphatic carbocycles. The molecule has 30 heavy (non-hydrogen) atoms. The van der Waals surface area contributed by atoms with Crippen LogP contribution in [0, 0.1) is 11.7 Å². The highest BCUT2D eigenvalue weighted by atomic mass is 35.5.